The Morgan fingerprint density at radius 2 is 1.82 bits per heavy atom. The van der Waals surface area contributed by atoms with Crippen molar-refractivity contribution in [2.75, 3.05) is 35.1 Å². The summed E-state index contributed by atoms with van der Waals surface area (Å²) in [5.74, 6) is 2.94. The average Bonchev–Trinajstić information content (AvgIpc) is 2.92. The Labute approximate surface area is 240 Å². The molecule has 1 saturated heterocycles. The number of thioether (sulfide) groups is 1. The molecule has 0 bridgehead atoms. The standard InChI is InChI=1S/C29H34N6O3S2/c1-19-15-22(17-30)16-20(2)26(19)38-28-27-25(5-4-14-39-27)32-29(33-28)31-23-10-12-35(13-11-23)18-21-6-8-24(9-7-21)34-40(3,36)37/h6-9,15-16,23,34H,4-5,10-14,18H2,1-3H3,(H,31,32,33). The number of nitrogens with zero attached hydrogens (tertiary/aromatic N) is 4. The molecule has 0 amide bonds. The van der Waals surface area contributed by atoms with Crippen LogP contribution in [0.2, 0.25) is 0 Å². The van der Waals surface area contributed by atoms with Gasteiger partial charge in [-0.15, -0.1) is 11.8 Å². The Bertz CT molecular complexity index is 1510. The zero-order valence-corrected chi connectivity index (χ0v) is 24.7. The Morgan fingerprint density at radius 1 is 1.12 bits per heavy atom. The maximum Gasteiger partial charge on any atom is 0.238 e. The number of benzene rings is 2. The summed E-state index contributed by atoms with van der Waals surface area (Å²) < 4.78 is 31.8. The van der Waals surface area contributed by atoms with E-state index in [4.69, 9.17) is 14.7 Å². The van der Waals surface area contributed by atoms with Gasteiger partial charge in [0, 0.05) is 31.4 Å². The van der Waals surface area contributed by atoms with Gasteiger partial charge in [0.2, 0.25) is 21.9 Å². The van der Waals surface area contributed by atoms with Crippen molar-refractivity contribution in [3.8, 4) is 17.7 Å². The van der Waals surface area contributed by atoms with Gasteiger partial charge in [0.25, 0.3) is 0 Å². The molecule has 2 aromatic carbocycles. The van der Waals surface area contributed by atoms with Gasteiger partial charge in [-0.1, -0.05) is 12.1 Å². The zero-order valence-electron chi connectivity index (χ0n) is 23.0. The van der Waals surface area contributed by atoms with Crippen LogP contribution >= 0.6 is 11.8 Å². The van der Waals surface area contributed by atoms with Crippen LogP contribution in [0.1, 0.15) is 47.2 Å². The normalized spacial score (nSPS) is 16.1. The van der Waals surface area contributed by atoms with E-state index in [9.17, 15) is 13.7 Å². The minimum absolute atomic E-state index is 0.262. The smallest absolute Gasteiger partial charge is 0.238 e. The monoisotopic (exact) mass is 578 g/mol. The molecule has 210 valence electrons. The SMILES string of the molecule is Cc1cc(C#N)cc(C)c1Oc1nc(NC2CCN(Cc3ccc(NS(C)(=O)=O)cc3)CC2)nc2c1SCCC2. The molecular formula is C29H34N6O3S2. The molecule has 2 aliphatic rings. The quantitative estimate of drug-likeness (QED) is 0.369. The first-order valence-corrected chi connectivity index (χ1v) is 16.3. The predicted octanol–water partition coefficient (Wildman–Crippen LogP) is 5.24. The molecule has 1 aromatic heterocycles. The third kappa shape index (κ3) is 7.05. The molecule has 3 heterocycles. The fraction of sp³-hybridized carbons (Fsp3) is 0.414. The van der Waals surface area contributed by atoms with E-state index >= 15 is 0 Å². The summed E-state index contributed by atoms with van der Waals surface area (Å²) in [6.45, 7) is 6.61. The molecule has 0 unspecified atom stereocenters. The van der Waals surface area contributed by atoms with Crippen LogP contribution in [-0.2, 0) is 23.0 Å². The minimum atomic E-state index is -3.28. The van der Waals surface area contributed by atoms with Gasteiger partial charge in [0.05, 0.1) is 28.5 Å². The molecule has 40 heavy (non-hydrogen) atoms. The lowest BCUT2D eigenvalue weighted by molar-refractivity contribution is 0.211. The Balaban J connectivity index is 1.24. The Morgan fingerprint density at radius 3 is 2.48 bits per heavy atom. The number of aryl methyl sites for hydroxylation is 3. The van der Waals surface area contributed by atoms with Gasteiger partial charge in [0.1, 0.15) is 5.75 Å². The summed E-state index contributed by atoms with van der Waals surface area (Å²) in [5.41, 5.74) is 5.19. The molecule has 9 nitrogen and oxygen atoms in total. The largest absolute Gasteiger partial charge is 0.437 e. The van der Waals surface area contributed by atoms with Gasteiger partial charge in [-0.2, -0.15) is 10.2 Å². The van der Waals surface area contributed by atoms with E-state index < -0.39 is 10.0 Å². The molecule has 0 radical (unpaired) electrons. The highest BCUT2D eigenvalue weighted by molar-refractivity contribution is 7.99. The van der Waals surface area contributed by atoms with Crippen molar-refractivity contribution in [2.45, 2.75) is 57.0 Å². The molecule has 1 fully saturated rings. The van der Waals surface area contributed by atoms with E-state index in [1.165, 1.54) is 0 Å². The summed E-state index contributed by atoms with van der Waals surface area (Å²) in [4.78, 5) is 13.1. The van der Waals surface area contributed by atoms with Crippen LogP contribution < -0.4 is 14.8 Å². The van der Waals surface area contributed by atoms with Crippen molar-refractivity contribution < 1.29 is 13.2 Å². The van der Waals surface area contributed by atoms with Crippen molar-refractivity contribution >= 4 is 33.4 Å². The van der Waals surface area contributed by atoms with E-state index in [0.29, 0.717) is 23.1 Å². The molecule has 0 aliphatic carbocycles. The second kappa shape index (κ2) is 12.0. The summed E-state index contributed by atoms with van der Waals surface area (Å²) in [7, 11) is -3.28. The highest BCUT2D eigenvalue weighted by Crippen LogP contribution is 2.40. The van der Waals surface area contributed by atoms with Crippen molar-refractivity contribution in [2.24, 2.45) is 0 Å². The lowest BCUT2D eigenvalue weighted by Crippen LogP contribution is -2.39. The van der Waals surface area contributed by atoms with Crippen LogP contribution in [0.4, 0.5) is 11.6 Å². The number of sulfonamides is 1. The van der Waals surface area contributed by atoms with Crippen LogP contribution in [0.15, 0.2) is 41.3 Å². The topological polar surface area (TPSA) is 120 Å². The molecule has 0 spiro atoms. The zero-order chi connectivity index (χ0) is 28.3. The number of likely N-dealkylation sites (tertiary alicyclic amines) is 1. The van der Waals surface area contributed by atoms with Crippen LogP contribution in [0, 0.1) is 25.2 Å². The lowest BCUT2D eigenvalue weighted by Gasteiger charge is -2.32. The van der Waals surface area contributed by atoms with Crippen molar-refractivity contribution in [3.63, 3.8) is 0 Å². The van der Waals surface area contributed by atoms with E-state index in [1.807, 2.05) is 38.1 Å². The Hall–Kier alpha value is -3.33. The second-order valence-electron chi connectivity index (χ2n) is 10.5. The van der Waals surface area contributed by atoms with Crippen LogP contribution in [0.25, 0.3) is 0 Å². The predicted molar refractivity (Wildman–Crippen MR) is 159 cm³/mol. The van der Waals surface area contributed by atoms with Crippen molar-refractivity contribution in [3.05, 3.63) is 64.3 Å². The number of ether oxygens (including phenoxy) is 1. The van der Waals surface area contributed by atoms with Gasteiger partial charge < -0.3 is 10.1 Å². The van der Waals surface area contributed by atoms with E-state index in [2.05, 4.69) is 21.0 Å². The fourth-order valence-electron chi connectivity index (χ4n) is 5.18. The van der Waals surface area contributed by atoms with Gasteiger partial charge in [-0.05, 0) is 86.2 Å². The maximum absolute atomic E-state index is 11.4. The first kappa shape index (κ1) is 28.2. The molecule has 3 aromatic rings. The van der Waals surface area contributed by atoms with Gasteiger partial charge in [0.15, 0.2) is 0 Å². The van der Waals surface area contributed by atoms with Crippen molar-refractivity contribution in [1.82, 2.24) is 14.9 Å². The third-order valence-corrected chi connectivity index (χ3v) is 8.88. The molecule has 0 atom stereocenters. The van der Waals surface area contributed by atoms with Crippen LogP contribution in [-0.4, -0.2) is 54.4 Å². The third-order valence-electron chi connectivity index (χ3n) is 7.08. The molecule has 5 rings (SSSR count). The average molecular weight is 579 g/mol. The molecule has 2 N–H and O–H groups in total. The van der Waals surface area contributed by atoms with Crippen molar-refractivity contribution in [1.29, 1.82) is 5.26 Å². The number of rotatable bonds is 8. The number of nitrogens with one attached hydrogen (secondary N) is 2. The first-order chi connectivity index (χ1) is 19.2. The number of fused-ring (bicyclic) bond motifs is 1. The fourth-order valence-corrected chi connectivity index (χ4v) is 6.76. The summed E-state index contributed by atoms with van der Waals surface area (Å²) in [6.07, 6.45) is 5.06. The molecule has 11 heteroatoms. The summed E-state index contributed by atoms with van der Waals surface area (Å²) in [5, 5.41) is 12.9. The number of hydrogen-bond acceptors (Lipinski definition) is 9. The minimum Gasteiger partial charge on any atom is -0.437 e. The van der Waals surface area contributed by atoms with Crippen LogP contribution in [0.5, 0.6) is 11.6 Å². The van der Waals surface area contributed by atoms with E-state index in [1.54, 1.807) is 23.9 Å². The number of hydrogen-bond donors (Lipinski definition) is 2. The molecule has 0 saturated carbocycles. The highest BCUT2D eigenvalue weighted by Gasteiger charge is 2.24. The maximum atomic E-state index is 11.4. The summed E-state index contributed by atoms with van der Waals surface area (Å²) in [6, 6.07) is 13.7. The second-order valence-corrected chi connectivity index (χ2v) is 13.4. The lowest BCUT2D eigenvalue weighted by atomic mass is 10.0. The summed E-state index contributed by atoms with van der Waals surface area (Å²) >= 11 is 1.74. The molecule has 2 aliphatic heterocycles. The number of piperidine rings is 1. The van der Waals surface area contributed by atoms with Gasteiger partial charge in [-0.25, -0.2) is 13.4 Å². The molecular weight excluding hydrogens is 544 g/mol. The number of nitriles is 1. The first-order valence-electron chi connectivity index (χ1n) is 13.5. The van der Waals surface area contributed by atoms with E-state index in [0.717, 1.165) is 90.4 Å². The van der Waals surface area contributed by atoms with Crippen LogP contribution in [0.3, 0.4) is 0 Å². The van der Waals surface area contributed by atoms with Gasteiger partial charge >= 0.3 is 0 Å². The van der Waals surface area contributed by atoms with E-state index in [-0.39, 0.29) is 6.04 Å². The Kier molecular flexibility index (Phi) is 8.49. The highest BCUT2D eigenvalue weighted by atomic mass is 32.2. The number of aromatic nitrogens is 2. The number of anilines is 2. The van der Waals surface area contributed by atoms with Gasteiger partial charge in [-0.3, -0.25) is 9.62 Å².